The molecule has 9 nitrogen and oxygen atoms in total. The van der Waals surface area contributed by atoms with E-state index in [1.807, 2.05) is 0 Å². The average molecular weight is 623 g/mol. The standard InChI is InChI=1S/C32H44N2O7S.Na/c1-3-4-5-6-9-12-20-34-32(38)28-21-27(22-29(23-28)42(39,40)41)30(36)14-11-8-7-10-13-19-33-31(37)26-17-15-25(16-18-26)24(2)35;/h15-18,21-23H,3-14,19-20H2,1-2H3,(H,33,37)(H,34,38)(H,39,40,41);/q;+1/p-1. The Balaban J connectivity index is 0.00000924. The van der Waals surface area contributed by atoms with Gasteiger partial charge in [-0.1, -0.05) is 70.4 Å². The van der Waals surface area contributed by atoms with Crippen LogP contribution >= 0.6 is 0 Å². The molecule has 0 unspecified atom stereocenters. The van der Waals surface area contributed by atoms with Gasteiger partial charge in [-0.25, -0.2) is 8.42 Å². The van der Waals surface area contributed by atoms with Crippen molar-refractivity contribution in [3.05, 3.63) is 64.7 Å². The minimum Gasteiger partial charge on any atom is -0.744 e. The van der Waals surface area contributed by atoms with Crippen molar-refractivity contribution in [2.24, 2.45) is 0 Å². The smallest absolute Gasteiger partial charge is 0.744 e. The van der Waals surface area contributed by atoms with Gasteiger partial charge in [0.1, 0.15) is 10.1 Å². The fraction of sp³-hybridized carbons (Fsp3) is 0.500. The van der Waals surface area contributed by atoms with Gasteiger partial charge in [-0.2, -0.15) is 0 Å². The maximum atomic E-state index is 12.8. The zero-order valence-corrected chi connectivity index (χ0v) is 28.5. The van der Waals surface area contributed by atoms with Crippen molar-refractivity contribution < 1.29 is 61.7 Å². The molecule has 43 heavy (non-hydrogen) atoms. The van der Waals surface area contributed by atoms with E-state index in [0.717, 1.165) is 69.9 Å². The molecule has 0 atom stereocenters. The molecular weight excluding hydrogens is 579 g/mol. The third-order valence-electron chi connectivity index (χ3n) is 7.02. The first-order valence-electron chi connectivity index (χ1n) is 14.8. The number of Topliss-reactive ketones (excluding diaryl/α,β-unsaturated/α-hetero) is 2. The minimum atomic E-state index is -4.85. The number of unbranched alkanes of at least 4 members (excludes halogenated alkanes) is 9. The van der Waals surface area contributed by atoms with E-state index in [1.54, 1.807) is 24.3 Å². The van der Waals surface area contributed by atoms with Crippen molar-refractivity contribution >= 4 is 33.5 Å². The summed E-state index contributed by atoms with van der Waals surface area (Å²) in [5, 5.41) is 5.60. The summed E-state index contributed by atoms with van der Waals surface area (Å²) in [6.45, 7) is 4.55. The van der Waals surface area contributed by atoms with Gasteiger partial charge in [0.25, 0.3) is 11.8 Å². The number of ketones is 2. The normalized spacial score (nSPS) is 11.0. The van der Waals surface area contributed by atoms with Crippen molar-refractivity contribution in [1.82, 2.24) is 10.6 Å². The van der Waals surface area contributed by atoms with Gasteiger partial charge in [-0.15, -0.1) is 0 Å². The monoisotopic (exact) mass is 622 g/mol. The first-order chi connectivity index (χ1) is 20.0. The summed E-state index contributed by atoms with van der Waals surface area (Å²) in [7, 11) is -4.85. The molecule has 2 aromatic carbocycles. The Kier molecular flexibility index (Phi) is 18.5. The molecule has 2 N–H and O–H groups in total. The largest absolute Gasteiger partial charge is 1.00 e. The fourth-order valence-electron chi connectivity index (χ4n) is 4.49. The van der Waals surface area contributed by atoms with E-state index in [4.69, 9.17) is 0 Å². The van der Waals surface area contributed by atoms with Gasteiger partial charge in [0.15, 0.2) is 11.6 Å². The Labute approximate surface area is 278 Å². The van der Waals surface area contributed by atoms with Crippen LogP contribution < -0.4 is 40.2 Å². The third-order valence-corrected chi connectivity index (χ3v) is 7.83. The van der Waals surface area contributed by atoms with Crippen LogP contribution in [0.15, 0.2) is 47.4 Å². The quantitative estimate of drug-likeness (QED) is 0.0998. The minimum absolute atomic E-state index is 0. The molecule has 0 fully saturated rings. The van der Waals surface area contributed by atoms with Crippen LogP contribution in [-0.4, -0.2) is 49.4 Å². The molecular formula is C32H43N2NaO7S. The summed E-state index contributed by atoms with van der Waals surface area (Å²) in [5.74, 6) is -1.09. The maximum Gasteiger partial charge on any atom is 1.00 e. The molecule has 0 aliphatic heterocycles. The predicted octanol–water partition coefficient (Wildman–Crippen LogP) is 2.84. The van der Waals surface area contributed by atoms with Crippen LogP contribution in [0.4, 0.5) is 0 Å². The van der Waals surface area contributed by atoms with Crippen LogP contribution in [0.25, 0.3) is 0 Å². The molecule has 0 saturated carbocycles. The molecule has 2 amide bonds. The number of hydrogen-bond acceptors (Lipinski definition) is 7. The van der Waals surface area contributed by atoms with E-state index in [1.165, 1.54) is 19.4 Å². The number of hydrogen-bond donors (Lipinski definition) is 2. The second kappa shape index (κ2) is 20.6. The van der Waals surface area contributed by atoms with Crippen LogP contribution in [0.5, 0.6) is 0 Å². The summed E-state index contributed by atoms with van der Waals surface area (Å²) in [6.07, 6.45) is 10.3. The summed E-state index contributed by atoms with van der Waals surface area (Å²) < 4.78 is 35.0. The Bertz CT molecular complexity index is 1310. The summed E-state index contributed by atoms with van der Waals surface area (Å²) in [4.78, 5) is 48.4. The van der Waals surface area contributed by atoms with Crippen molar-refractivity contribution in [1.29, 1.82) is 0 Å². The molecule has 11 heteroatoms. The van der Waals surface area contributed by atoms with E-state index in [2.05, 4.69) is 17.6 Å². The number of benzene rings is 2. The van der Waals surface area contributed by atoms with Gasteiger partial charge >= 0.3 is 29.6 Å². The van der Waals surface area contributed by atoms with E-state index >= 15 is 0 Å². The Hall–Kier alpha value is -2.37. The van der Waals surface area contributed by atoms with Gasteiger partial charge in [0.05, 0.1) is 4.90 Å². The molecule has 0 spiro atoms. The molecule has 230 valence electrons. The van der Waals surface area contributed by atoms with Crippen molar-refractivity contribution in [2.45, 2.75) is 95.8 Å². The molecule has 0 aliphatic rings. The molecule has 0 aromatic heterocycles. The van der Waals surface area contributed by atoms with Gasteiger partial charge in [0, 0.05) is 41.8 Å². The number of rotatable bonds is 20. The second-order valence-electron chi connectivity index (χ2n) is 10.6. The van der Waals surface area contributed by atoms with E-state index < -0.39 is 20.9 Å². The van der Waals surface area contributed by atoms with Gasteiger partial charge in [-0.3, -0.25) is 19.2 Å². The van der Waals surface area contributed by atoms with Gasteiger partial charge in [0.2, 0.25) is 0 Å². The molecule has 0 aliphatic carbocycles. The number of amides is 2. The van der Waals surface area contributed by atoms with Gasteiger partial charge < -0.3 is 15.2 Å². The van der Waals surface area contributed by atoms with Crippen LogP contribution in [0.2, 0.25) is 0 Å². The molecule has 0 radical (unpaired) electrons. The van der Waals surface area contributed by atoms with Gasteiger partial charge in [-0.05, 0) is 56.5 Å². The van der Waals surface area contributed by atoms with Crippen molar-refractivity contribution in [2.75, 3.05) is 13.1 Å². The molecule has 2 aromatic rings. The number of carbonyl (C=O) groups excluding carboxylic acids is 4. The van der Waals surface area contributed by atoms with Crippen molar-refractivity contribution in [3.63, 3.8) is 0 Å². The summed E-state index contributed by atoms with van der Waals surface area (Å²) in [6, 6.07) is 9.92. The van der Waals surface area contributed by atoms with Crippen LogP contribution in [0, 0.1) is 0 Å². The SMILES string of the molecule is CCCCCCCCNC(=O)c1cc(C(=O)CCCCCCCNC(=O)c2ccc(C(C)=O)cc2)cc(S(=O)(=O)[O-])c1.[Na+]. The van der Waals surface area contributed by atoms with Crippen LogP contribution in [0.1, 0.15) is 132 Å². The molecule has 0 bridgehead atoms. The first-order valence-corrected chi connectivity index (χ1v) is 16.3. The molecule has 0 saturated heterocycles. The predicted molar refractivity (Wildman–Crippen MR) is 161 cm³/mol. The Morgan fingerprint density at radius 1 is 0.651 bits per heavy atom. The second-order valence-corrected chi connectivity index (χ2v) is 11.9. The Morgan fingerprint density at radius 3 is 1.65 bits per heavy atom. The number of carbonyl (C=O) groups is 4. The fourth-order valence-corrected chi connectivity index (χ4v) is 5.03. The van der Waals surface area contributed by atoms with Crippen LogP contribution in [-0.2, 0) is 10.1 Å². The van der Waals surface area contributed by atoms with E-state index in [-0.39, 0.29) is 64.6 Å². The third kappa shape index (κ3) is 14.8. The zero-order chi connectivity index (χ0) is 31.0. The molecule has 2 rings (SSSR count). The van der Waals surface area contributed by atoms with E-state index in [9.17, 15) is 32.1 Å². The zero-order valence-electron chi connectivity index (χ0n) is 25.7. The van der Waals surface area contributed by atoms with Crippen molar-refractivity contribution in [3.8, 4) is 0 Å². The van der Waals surface area contributed by atoms with Crippen LogP contribution in [0.3, 0.4) is 0 Å². The summed E-state index contributed by atoms with van der Waals surface area (Å²) in [5.41, 5.74) is 1.07. The topological polar surface area (TPSA) is 150 Å². The number of nitrogens with one attached hydrogen (secondary N) is 2. The molecule has 0 heterocycles. The van der Waals surface area contributed by atoms with E-state index in [0.29, 0.717) is 30.6 Å². The summed E-state index contributed by atoms with van der Waals surface area (Å²) >= 11 is 0. The maximum absolute atomic E-state index is 12.8. The first kappa shape index (κ1) is 38.7. The average Bonchev–Trinajstić information content (AvgIpc) is 2.97. The Morgan fingerprint density at radius 2 is 1.12 bits per heavy atom.